The van der Waals surface area contributed by atoms with Crippen LogP contribution in [0.25, 0.3) is 11.1 Å². The van der Waals surface area contributed by atoms with Crippen LogP contribution in [-0.2, 0) is 14.3 Å². The number of hydrogen-bond acceptors (Lipinski definition) is 4. The van der Waals surface area contributed by atoms with Gasteiger partial charge in [0.15, 0.2) is 0 Å². The molecule has 26 heavy (non-hydrogen) atoms. The number of nitrogens with zero attached hydrogens (tertiary/aromatic N) is 1. The van der Waals surface area contributed by atoms with Gasteiger partial charge in [0.05, 0.1) is 6.54 Å². The number of rotatable bonds is 5. The SMILES string of the molecule is O=C(CN1CCC[C@H]1C(=O)O)OCC1c2ccccc2-c2ccccc21. The molecule has 0 unspecified atom stereocenters. The topological polar surface area (TPSA) is 66.8 Å². The molecule has 2 aromatic carbocycles. The van der Waals surface area contributed by atoms with Gasteiger partial charge < -0.3 is 9.84 Å². The van der Waals surface area contributed by atoms with E-state index in [-0.39, 0.29) is 25.0 Å². The second kappa shape index (κ2) is 6.92. The number of esters is 1. The van der Waals surface area contributed by atoms with Crippen molar-refractivity contribution in [1.82, 2.24) is 4.90 Å². The summed E-state index contributed by atoms with van der Waals surface area (Å²) in [6.07, 6.45) is 1.39. The summed E-state index contributed by atoms with van der Waals surface area (Å²) in [7, 11) is 0. The van der Waals surface area contributed by atoms with Crippen molar-refractivity contribution in [2.75, 3.05) is 19.7 Å². The maximum absolute atomic E-state index is 12.3. The van der Waals surface area contributed by atoms with Crippen LogP contribution in [0, 0.1) is 0 Å². The lowest BCUT2D eigenvalue weighted by molar-refractivity contribution is -0.148. The van der Waals surface area contributed by atoms with Gasteiger partial charge in [-0.3, -0.25) is 14.5 Å². The van der Waals surface area contributed by atoms with E-state index in [4.69, 9.17) is 4.74 Å². The molecule has 1 atom stereocenters. The van der Waals surface area contributed by atoms with Crippen molar-refractivity contribution >= 4 is 11.9 Å². The highest BCUT2D eigenvalue weighted by Crippen LogP contribution is 2.44. The number of carboxylic acids is 1. The molecule has 5 nitrogen and oxygen atoms in total. The molecule has 0 aromatic heterocycles. The van der Waals surface area contributed by atoms with E-state index in [1.807, 2.05) is 24.3 Å². The normalized spacial score (nSPS) is 19.2. The fourth-order valence-corrected chi connectivity index (χ4v) is 4.12. The van der Waals surface area contributed by atoms with Gasteiger partial charge in [0, 0.05) is 5.92 Å². The van der Waals surface area contributed by atoms with E-state index < -0.39 is 12.0 Å². The number of ether oxygens (including phenoxy) is 1. The van der Waals surface area contributed by atoms with Gasteiger partial charge in [0.2, 0.25) is 0 Å². The average molecular weight is 351 g/mol. The Morgan fingerprint density at radius 3 is 2.27 bits per heavy atom. The third-order valence-electron chi connectivity index (χ3n) is 5.35. The van der Waals surface area contributed by atoms with Crippen LogP contribution in [0.1, 0.15) is 29.9 Å². The van der Waals surface area contributed by atoms with E-state index in [0.29, 0.717) is 13.0 Å². The summed E-state index contributed by atoms with van der Waals surface area (Å²) >= 11 is 0. The number of carboxylic acid groups (broad SMARTS) is 1. The number of carbonyl (C=O) groups is 2. The van der Waals surface area contributed by atoms with E-state index in [1.165, 1.54) is 22.3 Å². The molecule has 0 saturated carbocycles. The van der Waals surface area contributed by atoms with Crippen LogP contribution in [0.15, 0.2) is 48.5 Å². The summed E-state index contributed by atoms with van der Waals surface area (Å²) in [5, 5.41) is 9.22. The lowest BCUT2D eigenvalue weighted by Gasteiger charge is -2.20. The maximum Gasteiger partial charge on any atom is 0.320 e. The fourth-order valence-electron chi connectivity index (χ4n) is 4.12. The van der Waals surface area contributed by atoms with Crippen LogP contribution in [-0.4, -0.2) is 47.7 Å². The number of likely N-dealkylation sites (tertiary alicyclic amines) is 1. The Morgan fingerprint density at radius 1 is 1.04 bits per heavy atom. The Labute approximate surface area is 152 Å². The van der Waals surface area contributed by atoms with Crippen molar-refractivity contribution in [3.8, 4) is 11.1 Å². The predicted octanol–water partition coefficient (Wildman–Crippen LogP) is 2.89. The molecule has 134 valence electrons. The first-order valence-corrected chi connectivity index (χ1v) is 8.96. The second-order valence-electron chi connectivity index (χ2n) is 6.88. The van der Waals surface area contributed by atoms with Gasteiger partial charge in [-0.25, -0.2) is 0 Å². The minimum atomic E-state index is -0.867. The zero-order valence-electron chi connectivity index (χ0n) is 14.4. The standard InChI is InChI=1S/C21H21NO4/c23-20(12-22-11-5-10-19(22)21(24)25)26-13-18-16-8-3-1-6-14(16)15-7-2-4-9-17(15)18/h1-4,6-9,18-19H,5,10-13H2,(H,24,25)/t19-/m0/s1. The molecular weight excluding hydrogens is 330 g/mol. The summed E-state index contributed by atoms with van der Waals surface area (Å²) in [5.41, 5.74) is 4.72. The first kappa shape index (κ1) is 16.8. The number of aliphatic carboxylic acids is 1. The summed E-state index contributed by atoms with van der Waals surface area (Å²) in [4.78, 5) is 25.2. The summed E-state index contributed by atoms with van der Waals surface area (Å²) < 4.78 is 5.56. The molecule has 0 amide bonds. The molecule has 1 fully saturated rings. The highest BCUT2D eigenvalue weighted by molar-refractivity contribution is 5.79. The maximum atomic E-state index is 12.3. The highest BCUT2D eigenvalue weighted by Gasteiger charge is 2.33. The Balaban J connectivity index is 1.45. The van der Waals surface area contributed by atoms with Gasteiger partial charge in [-0.15, -0.1) is 0 Å². The molecule has 1 aliphatic carbocycles. The van der Waals surface area contributed by atoms with Crippen LogP contribution in [0.2, 0.25) is 0 Å². The van der Waals surface area contributed by atoms with Crippen molar-refractivity contribution in [3.05, 3.63) is 59.7 Å². The van der Waals surface area contributed by atoms with Crippen LogP contribution >= 0.6 is 0 Å². The Hall–Kier alpha value is -2.66. The van der Waals surface area contributed by atoms with Crippen molar-refractivity contribution in [2.24, 2.45) is 0 Å². The highest BCUT2D eigenvalue weighted by atomic mass is 16.5. The van der Waals surface area contributed by atoms with Crippen LogP contribution in [0.4, 0.5) is 0 Å². The summed E-state index contributed by atoms with van der Waals surface area (Å²) in [6.45, 7) is 0.937. The molecule has 0 spiro atoms. The van der Waals surface area contributed by atoms with E-state index in [9.17, 15) is 14.7 Å². The molecule has 4 rings (SSSR count). The van der Waals surface area contributed by atoms with Crippen LogP contribution < -0.4 is 0 Å². The zero-order chi connectivity index (χ0) is 18.1. The molecule has 0 radical (unpaired) electrons. The molecular formula is C21H21NO4. The van der Waals surface area contributed by atoms with Gasteiger partial charge in [-0.05, 0) is 41.6 Å². The Morgan fingerprint density at radius 2 is 1.65 bits per heavy atom. The zero-order valence-corrected chi connectivity index (χ0v) is 14.4. The molecule has 1 saturated heterocycles. The van der Waals surface area contributed by atoms with Crippen molar-refractivity contribution in [2.45, 2.75) is 24.8 Å². The predicted molar refractivity (Wildman–Crippen MR) is 96.9 cm³/mol. The van der Waals surface area contributed by atoms with E-state index in [1.54, 1.807) is 4.90 Å². The largest absolute Gasteiger partial charge is 0.480 e. The third kappa shape index (κ3) is 2.99. The smallest absolute Gasteiger partial charge is 0.320 e. The molecule has 5 heteroatoms. The van der Waals surface area contributed by atoms with E-state index >= 15 is 0 Å². The van der Waals surface area contributed by atoms with Gasteiger partial charge in [-0.2, -0.15) is 0 Å². The molecule has 2 aliphatic rings. The summed E-state index contributed by atoms with van der Waals surface area (Å²) in [5.74, 6) is -1.20. The Kier molecular flexibility index (Phi) is 4.47. The van der Waals surface area contributed by atoms with Gasteiger partial charge in [0.25, 0.3) is 0 Å². The molecule has 1 N–H and O–H groups in total. The lowest BCUT2D eigenvalue weighted by Crippen LogP contribution is -2.40. The first-order chi connectivity index (χ1) is 12.6. The van der Waals surface area contributed by atoms with Gasteiger partial charge in [-0.1, -0.05) is 48.5 Å². The summed E-state index contributed by atoms with van der Waals surface area (Å²) in [6, 6.07) is 15.8. The third-order valence-corrected chi connectivity index (χ3v) is 5.35. The van der Waals surface area contributed by atoms with Crippen molar-refractivity contribution < 1.29 is 19.4 Å². The van der Waals surface area contributed by atoms with Crippen molar-refractivity contribution in [3.63, 3.8) is 0 Å². The number of carbonyl (C=O) groups excluding carboxylic acids is 1. The molecule has 2 aromatic rings. The van der Waals surface area contributed by atoms with Gasteiger partial charge >= 0.3 is 11.9 Å². The minimum absolute atomic E-state index is 0.0280. The molecule has 1 heterocycles. The Bertz CT molecular complexity index is 802. The fraction of sp³-hybridized carbons (Fsp3) is 0.333. The van der Waals surface area contributed by atoms with E-state index in [0.717, 1.165) is 6.42 Å². The van der Waals surface area contributed by atoms with E-state index in [2.05, 4.69) is 24.3 Å². The molecule has 1 aliphatic heterocycles. The average Bonchev–Trinajstić information content (AvgIpc) is 3.23. The minimum Gasteiger partial charge on any atom is -0.480 e. The first-order valence-electron chi connectivity index (χ1n) is 8.96. The van der Waals surface area contributed by atoms with Crippen LogP contribution in [0.5, 0.6) is 0 Å². The van der Waals surface area contributed by atoms with Crippen molar-refractivity contribution in [1.29, 1.82) is 0 Å². The lowest BCUT2D eigenvalue weighted by atomic mass is 9.98. The van der Waals surface area contributed by atoms with Gasteiger partial charge in [0.1, 0.15) is 12.6 Å². The van der Waals surface area contributed by atoms with Crippen LogP contribution in [0.3, 0.4) is 0 Å². The second-order valence-corrected chi connectivity index (χ2v) is 6.88. The number of hydrogen-bond donors (Lipinski definition) is 1. The monoisotopic (exact) mass is 351 g/mol. The number of fused-ring (bicyclic) bond motifs is 3. The molecule has 0 bridgehead atoms. The quantitative estimate of drug-likeness (QED) is 0.839. The number of benzene rings is 2.